The van der Waals surface area contributed by atoms with Crippen molar-refractivity contribution in [3.8, 4) is 0 Å². The first-order valence-electron chi connectivity index (χ1n) is 5.01. The highest BCUT2D eigenvalue weighted by Gasteiger charge is 2.15. The van der Waals surface area contributed by atoms with Gasteiger partial charge in [-0.2, -0.15) is 0 Å². The third kappa shape index (κ3) is 3.67. The van der Waals surface area contributed by atoms with E-state index in [0.29, 0.717) is 5.82 Å². The first-order chi connectivity index (χ1) is 7.91. The summed E-state index contributed by atoms with van der Waals surface area (Å²) in [5, 5.41) is 0.136. The molecular formula is C10H13ClN4O2. The van der Waals surface area contributed by atoms with Crippen LogP contribution < -0.4 is 10.9 Å². The van der Waals surface area contributed by atoms with Crippen LogP contribution in [0.3, 0.4) is 0 Å². The monoisotopic (exact) mass is 256 g/mol. The second kappa shape index (κ2) is 5.58. The molecule has 0 aliphatic rings. The van der Waals surface area contributed by atoms with Gasteiger partial charge in [0.2, 0.25) is 5.91 Å². The molecule has 1 aromatic rings. The number of hydrazine groups is 1. The molecule has 17 heavy (non-hydrogen) atoms. The van der Waals surface area contributed by atoms with Crippen LogP contribution in [0, 0.1) is 0 Å². The van der Waals surface area contributed by atoms with Crippen molar-refractivity contribution >= 4 is 23.4 Å². The number of rotatable bonds is 2. The van der Waals surface area contributed by atoms with Gasteiger partial charge >= 0.3 is 0 Å². The lowest BCUT2D eigenvalue weighted by Gasteiger charge is -2.08. The fourth-order valence-corrected chi connectivity index (χ4v) is 1.20. The van der Waals surface area contributed by atoms with Gasteiger partial charge in [-0.1, -0.05) is 25.4 Å². The molecule has 0 unspecified atom stereocenters. The molecule has 1 aromatic heterocycles. The molecule has 0 aromatic carbocycles. The maximum absolute atomic E-state index is 11.6. The van der Waals surface area contributed by atoms with Crippen molar-refractivity contribution in [2.45, 2.75) is 26.7 Å². The van der Waals surface area contributed by atoms with Crippen LogP contribution in [0.15, 0.2) is 6.20 Å². The van der Waals surface area contributed by atoms with E-state index in [1.165, 1.54) is 13.1 Å². The summed E-state index contributed by atoms with van der Waals surface area (Å²) in [6, 6.07) is 0. The standard InChI is InChI=1S/C10H13ClN4O2/c1-5(2)9-12-4-7(11)8(13-9)10(17)15-14-6(3)16/h4-5H,1-3H3,(H,14,16)(H,15,17). The lowest BCUT2D eigenvalue weighted by atomic mass is 10.2. The predicted octanol–water partition coefficient (Wildman–Crippen LogP) is 1.03. The van der Waals surface area contributed by atoms with Gasteiger partial charge in [-0.3, -0.25) is 20.4 Å². The zero-order valence-corrected chi connectivity index (χ0v) is 10.5. The fraction of sp³-hybridized carbons (Fsp3) is 0.400. The number of hydrogen-bond donors (Lipinski definition) is 2. The van der Waals surface area contributed by atoms with Crippen LogP contribution in [-0.2, 0) is 4.79 Å². The van der Waals surface area contributed by atoms with Crippen LogP contribution in [-0.4, -0.2) is 21.8 Å². The quantitative estimate of drug-likeness (QED) is 0.775. The van der Waals surface area contributed by atoms with Crippen LogP contribution in [0.1, 0.15) is 43.0 Å². The van der Waals surface area contributed by atoms with Crippen molar-refractivity contribution in [1.82, 2.24) is 20.8 Å². The van der Waals surface area contributed by atoms with Gasteiger partial charge in [0.05, 0.1) is 11.2 Å². The highest BCUT2D eigenvalue weighted by Crippen LogP contribution is 2.15. The largest absolute Gasteiger partial charge is 0.289 e. The molecule has 2 amide bonds. The SMILES string of the molecule is CC(=O)NNC(=O)c1nc(C(C)C)ncc1Cl. The molecule has 1 heterocycles. The number of carbonyl (C=O) groups is 2. The Morgan fingerprint density at radius 3 is 2.53 bits per heavy atom. The lowest BCUT2D eigenvalue weighted by molar-refractivity contribution is -0.119. The Balaban J connectivity index is 2.92. The normalized spacial score (nSPS) is 10.2. The van der Waals surface area contributed by atoms with Crippen molar-refractivity contribution in [2.75, 3.05) is 0 Å². The van der Waals surface area contributed by atoms with Crippen LogP contribution in [0.4, 0.5) is 0 Å². The van der Waals surface area contributed by atoms with Crippen molar-refractivity contribution in [1.29, 1.82) is 0 Å². The molecule has 0 fully saturated rings. The molecule has 0 bridgehead atoms. The predicted molar refractivity (Wildman–Crippen MR) is 62.4 cm³/mol. The Morgan fingerprint density at radius 2 is 2.00 bits per heavy atom. The molecule has 92 valence electrons. The lowest BCUT2D eigenvalue weighted by Crippen LogP contribution is -2.40. The van der Waals surface area contributed by atoms with Gasteiger partial charge in [0.1, 0.15) is 5.82 Å². The van der Waals surface area contributed by atoms with Crippen LogP contribution in [0.25, 0.3) is 0 Å². The van der Waals surface area contributed by atoms with E-state index >= 15 is 0 Å². The summed E-state index contributed by atoms with van der Waals surface area (Å²) in [6.45, 7) is 5.08. The molecule has 0 aliphatic heterocycles. The third-order valence-corrected chi connectivity index (χ3v) is 2.12. The van der Waals surface area contributed by atoms with Crippen molar-refractivity contribution in [3.63, 3.8) is 0 Å². The minimum atomic E-state index is -0.575. The number of aromatic nitrogens is 2. The Bertz CT molecular complexity index is 448. The topological polar surface area (TPSA) is 84.0 Å². The van der Waals surface area contributed by atoms with E-state index in [1.807, 2.05) is 13.8 Å². The summed E-state index contributed by atoms with van der Waals surface area (Å²) in [4.78, 5) is 30.3. The first-order valence-corrected chi connectivity index (χ1v) is 5.39. The van der Waals surface area contributed by atoms with Gasteiger partial charge in [0, 0.05) is 12.8 Å². The Labute approximate surface area is 104 Å². The number of nitrogens with one attached hydrogen (secondary N) is 2. The van der Waals surface area contributed by atoms with E-state index in [2.05, 4.69) is 20.8 Å². The van der Waals surface area contributed by atoms with E-state index in [0.717, 1.165) is 0 Å². The average molecular weight is 257 g/mol. The van der Waals surface area contributed by atoms with Crippen molar-refractivity contribution < 1.29 is 9.59 Å². The molecule has 0 spiro atoms. The molecule has 2 N–H and O–H groups in total. The van der Waals surface area contributed by atoms with Gasteiger partial charge < -0.3 is 0 Å². The van der Waals surface area contributed by atoms with E-state index in [4.69, 9.17) is 11.6 Å². The van der Waals surface area contributed by atoms with Crippen molar-refractivity contribution in [3.05, 3.63) is 22.7 Å². The van der Waals surface area contributed by atoms with E-state index in [-0.39, 0.29) is 22.5 Å². The molecule has 0 aliphatic carbocycles. The van der Waals surface area contributed by atoms with Crippen molar-refractivity contribution in [2.24, 2.45) is 0 Å². The maximum Gasteiger partial charge on any atom is 0.289 e. The molecule has 7 heteroatoms. The second-order valence-electron chi connectivity index (χ2n) is 3.71. The summed E-state index contributed by atoms with van der Waals surface area (Å²) in [7, 11) is 0. The summed E-state index contributed by atoms with van der Waals surface area (Å²) in [5.74, 6) is -0.357. The zero-order chi connectivity index (χ0) is 13.0. The van der Waals surface area contributed by atoms with E-state index < -0.39 is 5.91 Å². The van der Waals surface area contributed by atoms with E-state index in [9.17, 15) is 9.59 Å². The second-order valence-corrected chi connectivity index (χ2v) is 4.12. The zero-order valence-electron chi connectivity index (χ0n) is 9.74. The fourth-order valence-electron chi connectivity index (χ4n) is 1.02. The number of nitrogens with zero attached hydrogens (tertiary/aromatic N) is 2. The van der Waals surface area contributed by atoms with Gasteiger partial charge in [-0.05, 0) is 0 Å². The Morgan fingerprint density at radius 1 is 1.35 bits per heavy atom. The molecular weight excluding hydrogens is 244 g/mol. The summed E-state index contributed by atoms with van der Waals surface area (Å²) >= 11 is 5.81. The minimum Gasteiger partial charge on any atom is -0.274 e. The minimum absolute atomic E-state index is 0.0408. The molecule has 0 saturated heterocycles. The van der Waals surface area contributed by atoms with Crippen LogP contribution in [0.5, 0.6) is 0 Å². The maximum atomic E-state index is 11.6. The van der Waals surface area contributed by atoms with Gasteiger partial charge in [-0.15, -0.1) is 0 Å². The molecule has 1 rings (SSSR count). The highest BCUT2D eigenvalue weighted by atomic mass is 35.5. The smallest absolute Gasteiger partial charge is 0.274 e. The van der Waals surface area contributed by atoms with E-state index in [1.54, 1.807) is 0 Å². The molecule has 6 nitrogen and oxygen atoms in total. The number of carbonyl (C=O) groups excluding carboxylic acids is 2. The van der Waals surface area contributed by atoms with Crippen LogP contribution in [0.2, 0.25) is 5.02 Å². The number of amides is 2. The number of hydrogen-bond acceptors (Lipinski definition) is 4. The van der Waals surface area contributed by atoms with Gasteiger partial charge in [-0.25, -0.2) is 9.97 Å². The first kappa shape index (κ1) is 13.4. The van der Waals surface area contributed by atoms with Gasteiger partial charge in [0.25, 0.3) is 5.91 Å². The van der Waals surface area contributed by atoms with Gasteiger partial charge in [0.15, 0.2) is 5.69 Å². The summed E-state index contributed by atoms with van der Waals surface area (Å²) < 4.78 is 0. The average Bonchev–Trinajstić information content (AvgIpc) is 2.26. The summed E-state index contributed by atoms with van der Waals surface area (Å²) in [5.41, 5.74) is 4.40. The highest BCUT2D eigenvalue weighted by molar-refractivity contribution is 6.33. The third-order valence-electron chi connectivity index (χ3n) is 1.85. The molecule has 0 saturated carbocycles. The number of halogens is 1. The Kier molecular flexibility index (Phi) is 4.39. The summed E-state index contributed by atoms with van der Waals surface area (Å²) in [6.07, 6.45) is 1.37. The Hall–Kier alpha value is -1.69. The van der Waals surface area contributed by atoms with Crippen LogP contribution >= 0.6 is 11.6 Å². The molecule has 0 atom stereocenters. The molecule has 0 radical (unpaired) electrons.